The predicted octanol–water partition coefficient (Wildman–Crippen LogP) is 2.79. The van der Waals surface area contributed by atoms with Crippen molar-refractivity contribution in [3.63, 3.8) is 0 Å². The summed E-state index contributed by atoms with van der Waals surface area (Å²) in [4.78, 5) is 20.7. The number of aromatic nitrogens is 4. The van der Waals surface area contributed by atoms with Crippen LogP contribution >= 0.6 is 0 Å². The van der Waals surface area contributed by atoms with Crippen LogP contribution < -0.4 is 11.1 Å². The number of nitrogens with two attached hydrogens (primary N) is 1. The highest BCUT2D eigenvalue weighted by molar-refractivity contribution is 6.07. The van der Waals surface area contributed by atoms with Gasteiger partial charge in [0.1, 0.15) is 0 Å². The highest BCUT2D eigenvalue weighted by Gasteiger charge is 2.18. The van der Waals surface area contributed by atoms with Crippen LogP contribution in [-0.2, 0) is 13.7 Å². The van der Waals surface area contributed by atoms with Gasteiger partial charge in [-0.25, -0.2) is 0 Å². The van der Waals surface area contributed by atoms with E-state index < -0.39 is 5.91 Å². The van der Waals surface area contributed by atoms with E-state index in [1.54, 1.807) is 16.9 Å². The maximum Gasteiger partial charge on any atom is 0.252 e. The SMILES string of the molecule is CC(Nc1c(C(N)=O)cnc2ccc(-c3ccc(CO)nc3)cc12)c1ccn(C)n1. The molecule has 30 heavy (non-hydrogen) atoms. The van der Waals surface area contributed by atoms with Gasteiger partial charge < -0.3 is 16.2 Å². The zero-order valence-electron chi connectivity index (χ0n) is 16.7. The monoisotopic (exact) mass is 402 g/mol. The Balaban J connectivity index is 1.82. The number of aliphatic hydroxyl groups is 1. The number of hydrogen-bond donors (Lipinski definition) is 3. The molecule has 1 amide bonds. The molecule has 1 atom stereocenters. The van der Waals surface area contributed by atoms with Crippen molar-refractivity contribution in [3.8, 4) is 11.1 Å². The number of nitrogens with one attached hydrogen (secondary N) is 1. The highest BCUT2D eigenvalue weighted by Crippen LogP contribution is 2.32. The average Bonchev–Trinajstić information content (AvgIpc) is 3.20. The first-order valence-electron chi connectivity index (χ1n) is 9.51. The molecule has 4 N–H and O–H groups in total. The zero-order valence-corrected chi connectivity index (χ0v) is 16.7. The van der Waals surface area contributed by atoms with Crippen LogP contribution in [0.3, 0.4) is 0 Å². The first-order chi connectivity index (χ1) is 14.5. The molecular formula is C22H22N6O2. The fourth-order valence-corrected chi connectivity index (χ4v) is 3.36. The first kappa shape index (κ1) is 19.5. The second-order valence-corrected chi connectivity index (χ2v) is 7.12. The van der Waals surface area contributed by atoms with Crippen molar-refractivity contribution in [2.45, 2.75) is 19.6 Å². The second-order valence-electron chi connectivity index (χ2n) is 7.12. The van der Waals surface area contributed by atoms with Gasteiger partial charge in [0.2, 0.25) is 0 Å². The lowest BCUT2D eigenvalue weighted by atomic mass is 10.0. The smallest absolute Gasteiger partial charge is 0.252 e. The van der Waals surface area contributed by atoms with Crippen molar-refractivity contribution in [3.05, 3.63) is 71.9 Å². The molecule has 1 aromatic carbocycles. The van der Waals surface area contributed by atoms with Gasteiger partial charge in [-0.2, -0.15) is 5.10 Å². The van der Waals surface area contributed by atoms with E-state index in [9.17, 15) is 9.90 Å². The summed E-state index contributed by atoms with van der Waals surface area (Å²) >= 11 is 0. The summed E-state index contributed by atoms with van der Waals surface area (Å²) in [5.74, 6) is -0.556. The summed E-state index contributed by atoms with van der Waals surface area (Å²) < 4.78 is 1.73. The molecule has 8 nitrogen and oxygen atoms in total. The first-order valence-corrected chi connectivity index (χ1v) is 9.51. The van der Waals surface area contributed by atoms with Crippen molar-refractivity contribution in [2.24, 2.45) is 12.8 Å². The molecule has 152 valence electrons. The van der Waals surface area contributed by atoms with Crippen molar-refractivity contribution in [1.82, 2.24) is 19.7 Å². The van der Waals surface area contributed by atoms with Crippen LogP contribution in [0.2, 0.25) is 0 Å². The summed E-state index contributed by atoms with van der Waals surface area (Å²) in [6.07, 6.45) is 5.07. The summed E-state index contributed by atoms with van der Waals surface area (Å²) in [5, 5.41) is 17.8. The van der Waals surface area contributed by atoms with Gasteiger partial charge in [-0.15, -0.1) is 0 Å². The molecule has 3 aromatic heterocycles. The molecule has 0 fully saturated rings. The Hall–Kier alpha value is -3.78. The fraction of sp³-hybridized carbons (Fsp3) is 0.182. The number of rotatable bonds is 6. The molecule has 0 spiro atoms. The van der Waals surface area contributed by atoms with Gasteiger partial charge in [-0.3, -0.25) is 19.4 Å². The molecule has 0 saturated carbocycles. The molecular weight excluding hydrogens is 380 g/mol. The van der Waals surface area contributed by atoms with Crippen LogP contribution in [0.5, 0.6) is 0 Å². The van der Waals surface area contributed by atoms with Crippen molar-refractivity contribution < 1.29 is 9.90 Å². The third kappa shape index (κ3) is 3.72. The number of pyridine rings is 2. The standard InChI is InChI=1S/C22H22N6O2/c1-13(19-7-8-28(2)27-19)26-21-17-9-14(15-3-5-16(12-29)24-10-15)4-6-20(17)25-11-18(21)22(23)30/h3-11,13,29H,12H2,1-2H3,(H2,23,30)(H,25,26). The van der Waals surface area contributed by atoms with Crippen LogP contribution in [-0.4, -0.2) is 30.8 Å². The fourth-order valence-electron chi connectivity index (χ4n) is 3.36. The van der Waals surface area contributed by atoms with E-state index >= 15 is 0 Å². The molecule has 0 aliphatic heterocycles. The van der Waals surface area contributed by atoms with Crippen LogP contribution in [0.1, 0.15) is 34.7 Å². The number of aliphatic hydroxyl groups excluding tert-OH is 1. The number of amides is 1. The van der Waals surface area contributed by atoms with E-state index in [1.165, 1.54) is 6.20 Å². The maximum absolute atomic E-state index is 12.1. The van der Waals surface area contributed by atoms with Crippen LogP contribution in [0.4, 0.5) is 5.69 Å². The van der Waals surface area contributed by atoms with Crippen molar-refractivity contribution in [1.29, 1.82) is 0 Å². The summed E-state index contributed by atoms with van der Waals surface area (Å²) in [7, 11) is 1.86. The van der Waals surface area contributed by atoms with Crippen LogP contribution in [0.25, 0.3) is 22.0 Å². The van der Waals surface area contributed by atoms with Gasteiger partial charge in [0.05, 0.1) is 40.8 Å². The van der Waals surface area contributed by atoms with Crippen molar-refractivity contribution >= 4 is 22.5 Å². The predicted molar refractivity (Wildman–Crippen MR) is 115 cm³/mol. The number of aryl methyl sites for hydroxylation is 1. The largest absolute Gasteiger partial charge is 0.390 e. The van der Waals surface area contributed by atoms with E-state index in [0.717, 1.165) is 27.7 Å². The van der Waals surface area contributed by atoms with Crippen LogP contribution in [0, 0.1) is 0 Å². The molecule has 0 aliphatic carbocycles. The Morgan fingerprint density at radius 3 is 2.60 bits per heavy atom. The number of carbonyl (C=O) groups excluding carboxylic acids is 1. The normalized spacial score (nSPS) is 12.1. The number of carbonyl (C=O) groups is 1. The van der Waals surface area contributed by atoms with Gasteiger partial charge in [0, 0.05) is 36.6 Å². The second kappa shape index (κ2) is 7.92. The lowest BCUT2D eigenvalue weighted by Crippen LogP contribution is -2.17. The number of nitrogens with zero attached hydrogens (tertiary/aromatic N) is 4. The Labute approximate surface area is 173 Å². The highest BCUT2D eigenvalue weighted by atomic mass is 16.3. The van der Waals surface area contributed by atoms with Gasteiger partial charge in [-0.1, -0.05) is 12.1 Å². The Bertz CT molecular complexity index is 1220. The topological polar surface area (TPSA) is 119 Å². The van der Waals surface area contributed by atoms with Crippen LogP contribution in [0.15, 0.2) is 55.0 Å². The molecule has 8 heteroatoms. The zero-order chi connectivity index (χ0) is 21.3. The summed E-state index contributed by atoms with van der Waals surface area (Å²) in [6.45, 7) is 1.87. The Morgan fingerprint density at radius 2 is 1.97 bits per heavy atom. The molecule has 3 heterocycles. The van der Waals surface area contributed by atoms with E-state index in [-0.39, 0.29) is 12.6 Å². The molecule has 4 aromatic rings. The number of benzene rings is 1. The lowest BCUT2D eigenvalue weighted by Gasteiger charge is -2.18. The van der Waals surface area contributed by atoms with Gasteiger partial charge in [0.25, 0.3) is 5.91 Å². The Kier molecular flexibility index (Phi) is 5.16. The molecule has 4 rings (SSSR count). The van der Waals surface area contributed by atoms with Gasteiger partial charge in [-0.05, 0) is 36.8 Å². The minimum Gasteiger partial charge on any atom is -0.390 e. The van der Waals surface area contributed by atoms with Crippen molar-refractivity contribution in [2.75, 3.05) is 5.32 Å². The van der Waals surface area contributed by atoms with E-state index in [1.807, 2.05) is 50.5 Å². The number of fused-ring (bicyclic) bond motifs is 1. The number of hydrogen-bond acceptors (Lipinski definition) is 6. The van der Waals surface area contributed by atoms with Gasteiger partial charge in [0.15, 0.2) is 0 Å². The molecule has 0 aliphatic rings. The van der Waals surface area contributed by atoms with E-state index in [0.29, 0.717) is 16.9 Å². The Morgan fingerprint density at radius 1 is 1.17 bits per heavy atom. The molecule has 0 saturated heterocycles. The third-order valence-corrected chi connectivity index (χ3v) is 4.99. The quantitative estimate of drug-likeness (QED) is 0.456. The van der Waals surface area contributed by atoms with E-state index in [2.05, 4.69) is 20.4 Å². The third-order valence-electron chi connectivity index (χ3n) is 4.99. The molecule has 1 unspecified atom stereocenters. The number of anilines is 1. The lowest BCUT2D eigenvalue weighted by molar-refractivity contribution is 0.100. The molecule has 0 bridgehead atoms. The maximum atomic E-state index is 12.1. The summed E-state index contributed by atoms with van der Waals surface area (Å²) in [5.41, 5.74) is 10.6. The summed E-state index contributed by atoms with van der Waals surface area (Å²) in [6, 6.07) is 11.2. The van der Waals surface area contributed by atoms with E-state index in [4.69, 9.17) is 5.73 Å². The minimum atomic E-state index is -0.556. The average molecular weight is 402 g/mol. The number of primary amides is 1. The minimum absolute atomic E-state index is 0.108. The van der Waals surface area contributed by atoms with Gasteiger partial charge >= 0.3 is 0 Å². The molecule has 0 radical (unpaired) electrons.